The number of nitrogens with one attached hydrogen (secondary N) is 1. The monoisotopic (exact) mass is 338 g/mol. The highest BCUT2D eigenvalue weighted by molar-refractivity contribution is 7.89. The van der Waals surface area contributed by atoms with Crippen molar-refractivity contribution in [2.75, 3.05) is 7.11 Å². The van der Waals surface area contributed by atoms with Crippen molar-refractivity contribution in [3.63, 3.8) is 0 Å². The molecule has 1 aromatic carbocycles. The minimum absolute atomic E-state index is 0.0652. The highest BCUT2D eigenvalue weighted by atomic mass is 32.2. The Balaban J connectivity index is 2.28. The van der Waals surface area contributed by atoms with Crippen LogP contribution in [0.4, 0.5) is 0 Å². The lowest BCUT2D eigenvalue weighted by Gasteiger charge is -2.14. The van der Waals surface area contributed by atoms with E-state index in [9.17, 15) is 18.3 Å². The summed E-state index contributed by atoms with van der Waals surface area (Å²) < 4.78 is 33.5. The van der Waals surface area contributed by atoms with Gasteiger partial charge in [-0.1, -0.05) is 0 Å². The molecule has 0 spiro atoms. The molecule has 0 aliphatic heterocycles. The van der Waals surface area contributed by atoms with Gasteiger partial charge in [-0.25, -0.2) is 13.1 Å². The standard InChI is InChI=1S/C15H18N2O5S/c1-10-8-14(18)15(19)13(17(10)2)9-16-23(20,21)12-6-4-11(22-3)5-7-12/h4-8,16,19H,9H2,1-3H3. The lowest BCUT2D eigenvalue weighted by atomic mass is 10.2. The largest absolute Gasteiger partial charge is 0.503 e. The van der Waals surface area contributed by atoms with Crippen LogP contribution >= 0.6 is 0 Å². The quantitative estimate of drug-likeness (QED) is 0.844. The first-order chi connectivity index (χ1) is 10.8. The third kappa shape index (κ3) is 3.54. The van der Waals surface area contributed by atoms with Crippen LogP contribution in [0.15, 0.2) is 40.0 Å². The zero-order valence-corrected chi connectivity index (χ0v) is 13.8. The molecule has 0 aliphatic carbocycles. The molecule has 2 rings (SSSR count). The predicted octanol–water partition coefficient (Wildman–Crippen LogP) is 0.886. The number of methoxy groups -OCH3 is 1. The van der Waals surface area contributed by atoms with Crippen LogP contribution in [0.25, 0.3) is 0 Å². The SMILES string of the molecule is COc1ccc(S(=O)(=O)NCc2c(O)c(=O)cc(C)n2C)cc1. The zero-order chi connectivity index (χ0) is 17.2. The van der Waals surface area contributed by atoms with Gasteiger partial charge in [-0.15, -0.1) is 0 Å². The molecule has 0 amide bonds. The first kappa shape index (κ1) is 17.0. The van der Waals surface area contributed by atoms with Crippen molar-refractivity contribution in [1.82, 2.24) is 9.29 Å². The second-order valence-corrected chi connectivity index (χ2v) is 6.77. The normalized spacial score (nSPS) is 11.4. The Hall–Kier alpha value is -2.32. The number of rotatable bonds is 5. The van der Waals surface area contributed by atoms with Crippen molar-refractivity contribution in [2.24, 2.45) is 7.05 Å². The van der Waals surface area contributed by atoms with E-state index in [0.29, 0.717) is 11.4 Å². The summed E-state index contributed by atoms with van der Waals surface area (Å²) in [6.45, 7) is 1.50. The van der Waals surface area contributed by atoms with Crippen LogP contribution in [0.3, 0.4) is 0 Å². The first-order valence-corrected chi connectivity index (χ1v) is 8.27. The lowest BCUT2D eigenvalue weighted by Crippen LogP contribution is -2.26. The third-order valence-corrected chi connectivity index (χ3v) is 5.00. The average molecular weight is 338 g/mol. The molecule has 0 saturated heterocycles. The van der Waals surface area contributed by atoms with Gasteiger partial charge in [-0.05, 0) is 31.2 Å². The van der Waals surface area contributed by atoms with E-state index in [4.69, 9.17) is 4.74 Å². The number of aryl methyl sites for hydroxylation is 1. The van der Waals surface area contributed by atoms with E-state index in [0.717, 1.165) is 0 Å². The minimum Gasteiger partial charge on any atom is -0.503 e. The number of pyridine rings is 1. The Morgan fingerprint density at radius 1 is 1.26 bits per heavy atom. The molecule has 8 heteroatoms. The number of hydrogen-bond acceptors (Lipinski definition) is 5. The van der Waals surface area contributed by atoms with Gasteiger partial charge >= 0.3 is 0 Å². The van der Waals surface area contributed by atoms with Crippen LogP contribution in [0.5, 0.6) is 11.5 Å². The smallest absolute Gasteiger partial charge is 0.240 e. The van der Waals surface area contributed by atoms with E-state index in [1.54, 1.807) is 18.5 Å². The molecular formula is C15H18N2O5S. The Bertz CT molecular complexity index is 870. The van der Waals surface area contributed by atoms with Crippen LogP contribution in [0, 0.1) is 6.92 Å². The van der Waals surface area contributed by atoms with Crippen LogP contribution in [0.2, 0.25) is 0 Å². The Labute approximate surface area is 134 Å². The first-order valence-electron chi connectivity index (χ1n) is 6.78. The maximum atomic E-state index is 12.3. The summed E-state index contributed by atoms with van der Waals surface area (Å²) in [7, 11) is -0.641. The lowest BCUT2D eigenvalue weighted by molar-refractivity contribution is 0.414. The molecule has 0 aliphatic rings. The fraction of sp³-hybridized carbons (Fsp3) is 0.267. The van der Waals surface area contributed by atoms with E-state index < -0.39 is 21.2 Å². The number of ether oxygens (including phenoxy) is 1. The number of aromatic nitrogens is 1. The Kier molecular flexibility index (Phi) is 4.76. The molecule has 0 saturated carbocycles. The molecule has 1 aromatic heterocycles. The van der Waals surface area contributed by atoms with Crippen molar-refractivity contribution in [3.8, 4) is 11.5 Å². The summed E-state index contributed by atoms with van der Waals surface area (Å²) in [4.78, 5) is 11.7. The van der Waals surface area contributed by atoms with Crippen LogP contribution in [-0.2, 0) is 23.6 Å². The molecule has 7 nitrogen and oxygen atoms in total. The zero-order valence-electron chi connectivity index (χ0n) is 13.0. The summed E-state index contributed by atoms with van der Waals surface area (Å²) in [5.41, 5.74) is 0.276. The average Bonchev–Trinajstić information content (AvgIpc) is 2.53. The van der Waals surface area contributed by atoms with Gasteiger partial charge < -0.3 is 14.4 Å². The molecule has 124 valence electrons. The maximum absolute atomic E-state index is 12.3. The molecule has 0 radical (unpaired) electrons. The van der Waals surface area contributed by atoms with Crippen molar-refractivity contribution >= 4 is 10.0 Å². The van der Waals surface area contributed by atoms with E-state index in [1.807, 2.05) is 0 Å². The highest BCUT2D eigenvalue weighted by Gasteiger charge is 2.17. The molecule has 2 N–H and O–H groups in total. The van der Waals surface area contributed by atoms with E-state index in [1.165, 1.54) is 37.4 Å². The fourth-order valence-electron chi connectivity index (χ4n) is 2.07. The van der Waals surface area contributed by atoms with Crippen LogP contribution in [0.1, 0.15) is 11.4 Å². The van der Waals surface area contributed by atoms with Gasteiger partial charge in [0.05, 0.1) is 24.2 Å². The number of benzene rings is 1. The molecule has 2 aromatic rings. The van der Waals surface area contributed by atoms with Gasteiger partial charge in [0, 0.05) is 18.8 Å². The summed E-state index contributed by atoms with van der Waals surface area (Å²) in [5.74, 6) is 0.0817. The van der Waals surface area contributed by atoms with Crippen molar-refractivity contribution in [3.05, 3.63) is 51.9 Å². The molecular weight excluding hydrogens is 320 g/mol. The van der Waals surface area contributed by atoms with Gasteiger partial charge in [-0.3, -0.25) is 4.79 Å². The third-order valence-electron chi connectivity index (χ3n) is 3.58. The number of hydrogen-bond donors (Lipinski definition) is 2. The summed E-state index contributed by atoms with van der Waals surface area (Å²) in [6, 6.07) is 7.19. The number of aromatic hydroxyl groups is 1. The highest BCUT2D eigenvalue weighted by Crippen LogP contribution is 2.17. The van der Waals surface area contributed by atoms with Crippen LogP contribution in [-0.4, -0.2) is 25.2 Å². The summed E-state index contributed by atoms with van der Waals surface area (Å²) >= 11 is 0. The van der Waals surface area contributed by atoms with Gasteiger partial charge in [-0.2, -0.15) is 0 Å². The van der Waals surface area contributed by atoms with E-state index in [2.05, 4.69) is 4.72 Å². The van der Waals surface area contributed by atoms with E-state index in [-0.39, 0.29) is 17.1 Å². The summed E-state index contributed by atoms with van der Waals surface area (Å²) in [5, 5.41) is 9.85. The van der Waals surface area contributed by atoms with E-state index >= 15 is 0 Å². The molecule has 23 heavy (non-hydrogen) atoms. The topological polar surface area (TPSA) is 97.6 Å². The van der Waals surface area contributed by atoms with Crippen molar-refractivity contribution in [1.29, 1.82) is 0 Å². The molecule has 0 unspecified atom stereocenters. The molecule has 1 heterocycles. The van der Waals surface area contributed by atoms with Crippen LogP contribution < -0.4 is 14.9 Å². The second-order valence-electron chi connectivity index (χ2n) is 5.00. The van der Waals surface area contributed by atoms with Gasteiger partial charge in [0.15, 0.2) is 5.75 Å². The van der Waals surface area contributed by atoms with Crippen molar-refractivity contribution in [2.45, 2.75) is 18.4 Å². The van der Waals surface area contributed by atoms with Crippen molar-refractivity contribution < 1.29 is 18.3 Å². The number of sulfonamides is 1. The maximum Gasteiger partial charge on any atom is 0.240 e. The number of nitrogens with zero attached hydrogens (tertiary/aromatic N) is 1. The van der Waals surface area contributed by atoms with Gasteiger partial charge in [0.2, 0.25) is 15.5 Å². The van der Waals surface area contributed by atoms with Gasteiger partial charge in [0.1, 0.15) is 5.75 Å². The fourth-order valence-corrected chi connectivity index (χ4v) is 3.06. The Morgan fingerprint density at radius 3 is 2.43 bits per heavy atom. The minimum atomic E-state index is -3.77. The predicted molar refractivity (Wildman–Crippen MR) is 85.1 cm³/mol. The second kappa shape index (κ2) is 6.43. The summed E-state index contributed by atoms with van der Waals surface area (Å²) in [6.07, 6.45) is 0. The molecule has 0 atom stereocenters. The molecule has 0 fully saturated rings. The Morgan fingerprint density at radius 2 is 1.87 bits per heavy atom. The van der Waals surface area contributed by atoms with Gasteiger partial charge in [0.25, 0.3) is 0 Å². The molecule has 0 bridgehead atoms.